The van der Waals surface area contributed by atoms with E-state index in [0.717, 1.165) is 0 Å². The van der Waals surface area contributed by atoms with Crippen LogP contribution < -0.4 is 5.32 Å². The summed E-state index contributed by atoms with van der Waals surface area (Å²) in [5.41, 5.74) is 0.0284. The van der Waals surface area contributed by atoms with Gasteiger partial charge >= 0.3 is 0 Å². The maximum atomic E-state index is 12.7. The van der Waals surface area contributed by atoms with Gasteiger partial charge < -0.3 is 5.32 Å². The third kappa shape index (κ3) is 2.54. The van der Waals surface area contributed by atoms with Gasteiger partial charge in [-0.05, 0) is 19.4 Å². The van der Waals surface area contributed by atoms with Crippen molar-refractivity contribution in [3.63, 3.8) is 0 Å². The summed E-state index contributed by atoms with van der Waals surface area (Å²) in [5.74, 6) is 0. The van der Waals surface area contributed by atoms with Gasteiger partial charge in [0.1, 0.15) is 0 Å². The first kappa shape index (κ1) is 14.9. The summed E-state index contributed by atoms with van der Waals surface area (Å²) in [6.45, 7) is 4.76. The van der Waals surface area contributed by atoms with Crippen molar-refractivity contribution in [3.8, 4) is 0 Å². The fourth-order valence-electron chi connectivity index (χ4n) is 2.41. The number of benzene rings is 1. The fraction of sp³-hybridized carbons (Fsp3) is 0.500. The lowest BCUT2D eigenvalue weighted by molar-refractivity contribution is -0.387. The largest absolute Gasteiger partial charge is 0.314 e. The van der Waals surface area contributed by atoms with Crippen molar-refractivity contribution in [2.45, 2.75) is 24.8 Å². The van der Waals surface area contributed by atoms with Crippen LogP contribution in [0.2, 0.25) is 0 Å². The van der Waals surface area contributed by atoms with E-state index in [2.05, 4.69) is 5.32 Å². The Morgan fingerprint density at radius 1 is 1.45 bits per heavy atom. The highest BCUT2D eigenvalue weighted by molar-refractivity contribution is 7.89. The molecule has 1 aromatic carbocycles. The molecule has 0 bridgehead atoms. The van der Waals surface area contributed by atoms with E-state index in [-0.39, 0.29) is 16.6 Å². The molecule has 1 aromatic rings. The van der Waals surface area contributed by atoms with Crippen molar-refractivity contribution in [2.24, 2.45) is 0 Å². The van der Waals surface area contributed by atoms with Crippen LogP contribution in [0.1, 0.15) is 12.5 Å². The molecule has 0 aliphatic carbocycles. The quantitative estimate of drug-likeness (QED) is 0.661. The predicted octanol–water partition coefficient (Wildman–Crippen LogP) is 0.886. The van der Waals surface area contributed by atoms with Crippen LogP contribution in [0.5, 0.6) is 0 Å². The number of nitrogens with one attached hydrogen (secondary N) is 1. The summed E-state index contributed by atoms with van der Waals surface area (Å²) in [4.78, 5) is 10.3. The number of rotatable bonds is 3. The summed E-state index contributed by atoms with van der Waals surface area (Å²) in [6.07, 6.45) is 0. The Labute approximate surface area is 117 Å². The first-order valence-corrected chi connectivity index (χ1v) is 7.76. The molecule has 0 amide bonds. The lowest BCUT2D eigenvalue weighted by atomic mass is 10.2. The van der Waals surface area contributed by atoms with Crippen molar-refractivity contribution >= 4 is 15.7 Å². The number of sulfonamides is 1. The smallest absolute Gasteiger partial charge is 0.289 e. The zero-order chi connectivity index (χ0) is 14.9. The molecule has 0 radical (unpaired) electrons. The van der Waals surface area contributed by atoms with E-state index in [1.807, 2.05) is 0 Å². The summed E-state index contributed by atoms with van der Waals surface area (Å²) in [7, 11) is -3.87. The van der Waals surface area contributed by atoms with Crippen LogP contribution in [-0.2, 0) is 10.0 Å². The van der Waals surface area contributed by atoms with E-state index in [0.29, 0.717) is 25.2 Å². The lowest BCUT2D eigenvalue weighted by Crippen LogP contribution is -2.52. The topological polar surface area (TPSA) is 92.5 Å². The normalized spacial score (nSPS) is 20.8. The third-order valence-corrected chi connectivity index (χ3v) is 5.60. The van der Waals surface area contributed by atoms with Crippen molar-refractivity contribution < 1.29 is 13.3 Å². The van der Waals surface area contributed by atoms with Gasteiger partial charge in [0.15, 0.2) is 4.90 Å². The van der Waals surface area contributed by atoms with Gasteiger partial charge in [-0.1, -0.05) is 12.1 Å². The maximum Gasteiger partial charge on any atom is 0.289 e. The Bertz CT molecular complexity index is 630. The molecule has 20 heavy (non-hydrogen) atoms. The molecule has 0 saturated carbocycles. The zero-order valence-corrected chi connectivity index (χ0v) is 12.2. The van der Waals surface area contributed by atoms with Crippen LogP contribution in [0.25, 0.3) is 0 Å². The molecule has 2 rings (SSSR count). The standard InChI is InChI=1S/C12H17N3O4S/c1-9-4-3-5-11(15(16)17)12(9)20(18,19)14-7-6-13-8-10(14)2/h3-5,10,13H,6-8H2,1-2H3/t10-/m1/s1. The Hall–Kier alpha value is -1.51. The molecule has 8 heteroatoms. The van der Waals surface area contributed by atoms with Gasteiger partial charge in [-0.25, -0.2) is 8.42 Å². The molecule has 110 valence electrons. The van der Waals surface area contributed by atoms with Gasteiger partial charge in [-0.2, -0.15) is 4.31 Å². The molecule has 1 heterocycles. The first-order valence-electron chi connectivity index (χ1n) is 6.32. The molecule has 1 aliphatic rings. The Morgan fingerprint density at radius 3 is 2.75 bits per heavy atom. The summed E-state index contributed by atoms with van der Waals surface area (Å²) >= 11 is 0. The molecular formula is C12H17N3O4S. The van der Waals surface area contributed by atoms with Crippen LogP contribution in [-0.4, -0.2) is 43.3 Å². The molecule has 0 unspecified atom stereocenters. The van der Waals surface area contributed by atoms with Crippen LogP contribution >= 0.6 is 0 Å². The second-order valence-electron chi connectivity index (χ2n) is 4.85. The van der Waals surface area contributed by atoms with Crippen molar-refractivity contribution in [1.29, 1.82) is 0 Å². The molecule has 0 spiro atoms. The fourth-order valence-corrected chi connectivity index (χ4v) is 4.41. The predicted molar refractivity (Wildman–Crippen MR) is 74.1 cm³/mol. The Kier molecular flexibility index (Phi) is 4.07. The van der Waals surface area contributed by atoms with Gasteiger partial charge in [0.2, 0.25) is 0 Å². The number of piperazine rings is 1. The number of nitro groups is 1. The molecule has 7 nitrogen and oxygen atoms in total. The highest BCUT2D eigenvalue weighted by Gasteiger charge is 2.36. The second-order valence-corrected chi connectivity index (χ2v) is 6.68. The monoisotopic (exact) mass is 299 g/mol. The molecule has 1 aliphatic heterocycles. The van der Waals surface area contributed by atoms with Gasteiger partial charge in [0, 0.05) is 31.7 Å². The summed E-state index contributed by atoms with van der Waals surface area (Å²) in [5, 5.41) is 14.2. The number of nitrogens with zero attached hydrogens (tertiary/aromatic N) is 2. The van der Waals surface area contributed by atoms with E-state index in [9.17, 15) is 18.5 Å². The number of aryl methyl sites for hydroxylation is 1. The molecule has 0 aromatic heterocycles. The van der Waals surface area contributed by atoms with Crippen LogP contribution in [0.4, 0.5) is 5.69 Å². The van der Waals surface area contributed by atoms with E-state index < -0.39 is 14.9 Å². The number of nitro benzene ring substituents is 1. The molecule has 1 fully saturated rings. The maximum absolute atomic E-state index is 12.7. The molecule has 1 N–H and O–H groups in total. The van der Waals surface area contributed by atoms with E-state index >= 15 is 0 Å². The minimum atomic E-state index is -3.87. The molecular weight excluding hydrogens is 282 g/mol. The van der Waals surface area contributed by atoms with Crippen LogP contribution in [0.3, 0.4) is 0 Å². The van der Waals surface area contributed by atoms with Crippen molar-refractivity contribution in [2.75, 3.05) is 19.6 Å². The van der Waals surface area contributed by atoms with Crippen molar-refractivity contribution in [3.05, 3.63) is 33.9 Å². The summed E-state index contributed by atoms with van der Waals surface area (Å²) in [6, 6.07) is 4.07. The average Bonchev–Trinajstić information content (AvgIpc) is 2.38. The van der Waals surface area contributed by atoms with Gasteiger partial charge in [0.05, 0.1) is 4.92 Å². The van der Waals surface area contributed by atoms with Gasteiger partial charge in [-0.15, -0.1) is 0 Å². The molecule has 1 saturated heterocycles. The third-order valence-electron chi connectivity index (χ3n) is 3.39. The first-order chi connectivity index (χ1) is 9.35. The van der Waals surface area contributed by atoms with E-state index in [1.54, 1.807) is 19.9 Å². The Morgan fingerprint density at radius 2 is 2.15 bits per heavy atom. The molecule has 1 atom stereocenters. The van der Waals surface area contributed by atoms with E-state index in [4.69, 9.17) is 0 Å². The van der Waals surface area contributed by atoms with Gasteiger partial charge in [-0.3, -0.25) is 10.1 Å². The zero-order valence-electron chi connectivity index (χ0n) is 11.4. The van der Waals surface area contributed by atoms with E-state index in [1.165, 1.54) is 16.4 Å². The van der Waals surface area contributed by atoms with Crippen LogP contribution in [0.15, 0.2) is 23.1 Å². The second kappa shape index (κ2) is 5.47. The number of hydrogen-bond acceptors (Lipinski definition) is 5. The van der Waals surface area contributed by atoms with Gasteiger partial charge in [0.25, 0.3) is 15.7 Å². The number of hydrogen-bond donors (Lipinski definition) is 1. The summed E-state index contributed by atoms with van der Waals surface area (Å²) < 4.78 is 26.8. The minimum Gasteiger partial charge on any atom is -0.314 e. The highest BCUT2D eigenvalue weighted by atomic mass is 32.2. The Balaban J connectivity index is 2.57. The van der Waals surface area contributed by atoms with Crippen molar-refractivity contribution in [1.82, 2.24) is 9.62 Å². The minimum absolute atomic E-state index is 0.196. The highest BCUT2D eigenvalue weighted by Crippen LogP contribution is 2.30. The SMILES string of the molecule is Cc1cccc([N+](=O)[O-])c1S(=O)(=O)N1CCNC[C@H]1C. The average molecular weight is 299 g/mol. The lowest BCUT2D eigenvalue weighted by Gasteiger charge is -2.33. The van der Waals surface area contributed by atoms with Crippen LogP contribution in [0, 0.1) is 17.0 Å².